The molecule has 0 amide bonds. The van der Waals surface area contributed by atoms with Crippen molar-refractivity contribution in [3.8, 4) is 0 Å². The summed E-state index contributed by atoms with van der Waals surface area (Å²) in [5.41, 5.74) is 0. The van der Waals surface area contributed by atoms with Gasteiger partial charge in [0.05, 0.1) is 6.61 Å². The molecule has 0 fully saturated rings. The Morgan fingerprint density at radius 3 is 2.60 bits per heavy atom. The molecule has 0 saturated carbocycles. The highest BCUT2D eigenvalue weighted by molar-refractivity contribution is 5.69. The predicted octanol–water partition coefficient (Wildman–Crippen LogP) is 2.65. The Morgan fingerprint density at radius 2 is 1.93 bits per heavy atom. The van der Waals surface area contributed by atoms with Gasteiger partial charge in [-0.3, -0.25) is 9.59 Å². The van der Waals surface area contributed by atoms with E-state index in [2.05, 4.69) is 0 Å². The molecule has 0 heterocycles. The van der Waals surface area contributed by atoms with Crippen LogP contribution in [0.5, 0.6) is 0 Å². The summed E-state index contributed by atoms with van der Waals surface area (Å²) in [6.45, 7) is 2.28. The van der Waals surface area contributed by atoms with Crippen LogP contribution >= 0.6 is 0 Å². The van der Waals surface area contributed by atoms with Crippen molar-refractivity contribution >= 4 is 12.3 Å². The first kappa shape index (κ1) is 13.9. The number of ether oxygens (including phenoxy) is 1. The van der Waals surface area contributed by atoms with Crippen molar-refractivity contribution in [3.05, 3.63) is 12.2 Å². The Bertz CT molecular complexity index is 197. The van der Waals surface area contributed by atoms with Gasteiger partial charge in [-0.15, -0.1) is 0 Å². The van der Waals surface area contributed by atoms with Crippen LogP contribution in [0.3, 0.4) is 0 Å². The molecule has 3 nitrogen and oxygen atoms in total. The summed E-state index contributed by atoms with van der Waals surface area (Å²) in [6.07, 6.45) is 9.79. The molecule has 0 aromatic heterocycles. The highest BCUT2D eigenvalue weighted by atomic mass is 16.5. The predicted molar refractivity (Wildman–Crippen MR) is 59.5 cm³/mol. The topological polar surface area (TPSA) is 43.4 Å². The molecule has 0 atom stereocenters. The van der Waals surface area contributed by atoms with E-state index < -0.39 is 0 Å². The van der Waals surface area contributed by atoms with Crippen LogP contribution in [0, 0.1) is 0 Å². The molecule has 0 unspecified atom stereocenters. The van der Waals surface area contributed by atoms with E-state index in [9.17, 15) is 9.59 Å². The fraction of sp³-hybridized carbons (Fsp3) is 0.667. The lowest BCUT2D eigenvalue weighted by atomic mass is 10.1. The van der Waals surface area contributed by atoms with E-state index in [1.165, 1.54) is 6.08 Å². The molecule has 0 spiro atoms. The number of hydrogen-bond acceptors (Lipinski definition) is 3. The third-order valence-electron chi connectivity index (χ3n) is 2.02. The number of esters is 1. The number of unbranched alkanes of at least 4 members (excludes halogenated alkanes) is 4. The van der Waals surface area contributed by atoms with E-state index >= 15 is 0 Å². The Balaban J connectivity index is 3.14. The van der Waals surface area contributed by atoms with Crippen LogP contribution in [0.4, 0.5) is 0 Å². The molecule has 0 bridgehead atoms. The molecule has 0 aromatic rings. The van der Waals surface area contributed by atoms with Crippen molar-refractivity contribution in [2.24, 2.45) is 0 Å². The van der Waals surface area contributed by atoms with E-state index in [0.717, 1.165) is 38.4 Å². The zero-order valence-electron chi connectivity index (χ0n) is 9.41. The smallest absolute Gasteiger partial charge is 0.305 e. The summed E-state index contributed by atoms with van der Waals surface area (Å²) in [5.74, 6) is -0.0987. The molecule has 0 radical (unpaired) electrons. The van der Waals surface area contributed by atoms with E-state index in [-0.39, 0.29) is 5.97 Å². The van der Waals surface area contributed by atoms with Crippen LogP contribution < -0.4 is 0 Å². The average molecular weight is 212 g/mol. The molecule has 15 heavy (non-hydrogen) atoms. The summed E-state index contributed by atoms with van der Waals surface area (Å²) < 4.78 is 4.81. The van der Waals surface area contributed by atoms with E-state index in [1.54, 1.807) is 0 Å². The second-order valence-electron chi connectivity index (χ2n) is 3.32. The molecular weight excluding hydrogens is 192 g/mol. The second kappa shape index (κ2) is 11.0. The maximum Gasteiger partial charge on any atom is 0.305 e. The average Bonchev–Trinajstić information content (AvgIpc) is 2.22. The Hall–Kier alpha value is -1.12. The van der Waals surface area contributed by atoms with Gasteiger partial charge in [-0.05, 0) is 32.3 Å². The Kier molecular flexibility index (Phi) is 10.1. The van der Waals surface area contributed by atoms with Crippen molar-refractivity contribution < 1.29 is 14.3 Å². The van der Waals surface area contributed by atoms with Crippen LogP contribution in [-0.2, 0) is 14.3 Å². The molecule has 0 aromatic carbocycles. The standard InChI is InChI=1S/C12H20O3/c1-2-15-12(14)10-8-6-4-3-5-7-9-11-13/h7,9,11H,2-6,8,10H2,1H3. The number of allylic oxidation sites excluding steroid dienone is 2. The second-order valence-corrected chi connectivity index (χ2v) is 3.32. The monoisotopic (exact) mass is 212 g/mol. The molecular formula is C12H20O3. The number of carbonyl (C=O) groups excluding carboxylic acids is 2. The van der Waals surface area contributed by atoms with Crippen molar-refractivity contribution in [2.75, 3.05) is 6.61 Å². The van der Waals surface area contributed by atoms with E-state index in [0.29, 0.717) is 13.0 Å². The van der Waals surface area contributed by atoms with Gasteiger partial charge in [-0.25, -0.2) is 0 Å². The third kappa shape index (κ3) is 10.8. The highest BCUT2D eigenvalue weighted by Crippen LogP contribution is 2.06. The summed E-state index contributed by atoms with van der Waals surface area (Å²) in [4.78, 5) is 20.9. The molecule has 0 saturated heterocycles. The third-order valence-corrected chi connectivity index (χ3v) is 2.02. The number of aldehydes is 1. The highest BCUT2D eigenvalue weighted by Gasteiger charge is 1.99. The van der Waals surface area contributed by atoms with Gasteiger partial charge in [0.15, 0.2) is 0 Å². The van der Waals surface area contributed by atoms with Crippen LogP contribution in [0.2, 0.25) is 0 Å². The van der Waals surface area contributed by atoms with Crippen molar-refractivity contribution in [2.45, 2.75) is 45.4 Å². The summed E-state index contributed by atoms with van der Waals surface area (Å²) in [6, 6.07) is 0. The van der Waals surface area contributed by atoms with Gasteiger partial charge in [0, 0.05) is 6.42 Å². The van der Waals surface area contributed by atoms with Gasteiger partial charge in [0.2, 0.25) is 0 Å². The zero-order chi connectivity index (χ0) is 11.4. The Labute approximate surface area is 91.5 Å². The zero-order valence-corrected chi connectivity index (χ0v) is 9.41. The van der Waals surface area contributed by atoms with Gasteiger partial charge in [0.25, 0.3) is 0 Å². The van der Waals surface area contributed by atoms with Crippen molar-refractivity contribution in [3.63, 3.8) is 0 Å². The molecule has 0 aliphatic carbocycles. The fourth-order valence-corrected chi connectivity index (χ4v) is 1.27. The molecule has 86 valence electrons. The normalized spacial score (nSPS) is 10.5. The van der Waals surface area contributed by atoms with Crippen molar-refractivity contribution in [1.82, 2.24) is 0 Å². The van der Waals surface area contributed by atoms with E-state index in [1.807, 2.05) is 13.0 Å². The Morgan fingerprint density at radius 1 is 1.20 bits per heavy atom. The molecule has 0 N–H and O–H groups in total. The van der Waals surface area contributed by atoms with Gasteiger partial charge >= 0.3 is 5.97 Å². The molecule has 0 aliphatic rings. The van der Waals surface area contributed by atoms with Gasteiger partial charge in [-0.1, -0.05) is 18.9 Å². The minimum absolute atomic E-state index is 0.0987. The quantitative estimate of drug-likeness (QED) is 0.255. The summed E-state index contributed by atoms with van der Waals surface area (Å²) >= 11 is 0. The number of rotatable bonds is 9. The molecule has 3 heteroatoms. The first-order valence-electron chi connectivity index (χ1n) is 5.57. The van der Waals surface area contributed by atoms with Gasteiger partial charge < -0.3 is 4.74 Å². The van der Waals surface area contributed by atoms with Gasteiger partial charge in [-0.2, -0.15) is 0 Å². The van der Waals surface area contributed by atoms with E-state index in [4.69, 9.17) is 4.74 Å². The van der Waals surface area contributed by atoms with Gasteiger partial charge in [0.1, 0.15) is 6.29 Å². The first-order valence-corrected chi connectivity index (χ1v) is 5.57. The summed E-state index contributed by atoms with van der Waals surface area (Å²) in [7, 11) is 0. The van der Waals surface area contributed by atoms with Crippen LogP contribution in [-0.4, -0.2) is 18.9 Å². The number of carbonyl (C=O) groups is 2. The maximum absolute atomic E-state index is 10.9. The molecule has 0 aliphatic heterocycles. The van der Waals surface area contributed by atoms with Crippen molar-refractivity contribution in [1.29, 1.82) is 0 Å². The maximum atomic E-state index is 10.9. The van der Waals surface area contributed by atoms with Crippen LogP contribution in [0.25, 0.3) is 0 Å². The lowest BCUT2D eigenvalue weighted by Gasteiger charge is -2.01. The largest absolute Gasteiger partial charge is 0.466 e. The lowest BCUT2D eigenvalue weighted by Crippen LogP contribution is -2.02. The van der Waals surface area contributed by atoms with Crippen LogP contribution in [0.15, 0.2) is 12.2 Å². The SMILES string of the molecule is CCOC(=O)CCCCCCC=CC=O. The molecule has 0 rings (SSSR count). The van der Waals surface area contributed by atoms with Crippen LogP contribution in [0.1, 0.15) is 45.4 Å². The fourth-order valence-electron chi connectivity index (χ4n) is 1.27. The first-order chi connectivity index (χ1) is 7.31. The minimum Gasteiger partial charge on any atom is -0.466 e. The summed E-state index contributed by atoms with van der Waals surface area (Å²) in [5, 5.41) is 0. The lowest BCUT2D eigenvalue weighted by molar-refractivity contribution is -0.143. The number of hydrogen-bond donors (Lipinski definition) is 0. The minimum atomic E-state index is -0.0987.